The second-order valence-corrected chi connectivity index (χ2v) is 5.73. The van der Waals surface area contributed by atoms with Gasteiger partial charge in [-0.25, -0.2) is 9.97 Å². The van der Waals surface area contributed by atoms with E-state index in [4.69, 9.17) is 5.73 Å². The van der Waals surface area contributed by atoms with Gasteiger partial charge in [-0.2, -0.15) is 0 Å². The van der Waals surface area contributed by atoms with Crippen LogP contribution in [0.25, 0.3) is 10.9 Å². The van der Waals surface area contributed by atoms with E-state index in [0.29, 0.717) is 6.04 Å². The van der Waals surface area contributed by atoms with Gasteiger partial charge in [-0.05, 0) is 30.5 Å². The Labute approximate surface area is 108 Å². The predicted octanol–water partition coefficient (Wildman–Crippen LogP) is 3.06. The first-order valence-electron chi connectivity index (χ1n) is 6.15. The number of fused-ring (bicyclic) bond motifs is 1. The van der Waals surface area contributed by atoms with Crippen molar-refractivity contribution in [2.24, 2.45) is 5.41 Å². The topological polar surface area (TPSA) is 63.8 Å². The summed E-state index contributed by atoms with van der Waals surface area (Å²) in [5.74, 6) is 0.842. The number of aromatic nitrogens is 2. The Morgan fingerprint density at radius 1 is 1.22 bits per heavy atom. The zero-order valence-electron chi connectivity index (χ0n) is 11.4. The molecule has 0 aliphatic rings. The third kappa shape index (κ3) is 2.53. The second-order valence-electron chi connectivity index (χ2n) is 5.73. The first kappa shape index (κ1) is 12.6. The molecule has 4 heteroatoms. The summed E-state index contributed by atoms with van der Waals surface area (Å²) in [5, 5.41) is 4.41. The second kappa shape index (κ2) is 4.44. The van der Waals surface area contributed by atoms with Gasteiger partial charge in [-0.1, -0.05) is 20.8 Å². The van der Waals surface area contributed by atoms with E-state index in [1.165, 1.54) is 0 Å². The molecule has 0 bridgehead atoms. The summed E-state index contributed by atoms with van der Waals surface area (Å²) in [5.41, 5.74) is 7.62. The summed E-state index contributed by atoms with van der Waals surface area (Å²) in [4.78, 5) is 8.57. The maximum absolute atomic E-state index is 5.83. The average molecular weight is 244 g/mol. The Kier molecular flexibility index (Phi) is 3.11. The first-order valence-corrected chi connectivity index (χ1v) is 6.15. The Balaban J connectivity index is 2.42. The van der Waals surface area contributed by atoms with Gasteiger partial charge in [0.15, 0.2) is 0 Å². The molecule has 0 saturated heterocycles. The van der Waals surface area contributed by atoms with E-state index in [1.54, 1.807) is 6.33 Å². The maximum atomic E-state index is 5.83. The molecule has 0 radical (unpaired) electrons. The summed E-state index contributed by atoms with van der Waals surface area (Å²) < 4.78 is 0. The van der Waals surface area contributed by atoms with Gasteiger partial charge in [-0.3, -0.25) is 0 Å². The largest absolute Gasteiger partial charge is 0.399 e. The van der Waals surface area contributed by atoms with Crippen LogP contribution in [0.5, 0.6) is 0 Å². The van der Waals surface area contributed by atoms with E-state index >= 15 is 0 Å². The fourth-order valence-electron chi connectivity index (χ4n) is 1.61. The molecule has 1 heterocycles. The van der Waals surface area contributed by atoms with Gasteiger partial charge >= 0.3 is 0 Å². The number of nitrogens with zero attached hydrogens (tertiary/aromatic N) is 2. The van der Waals surface area contributed by atoms with E-state index in [1.807, 2.05) is 18.2 Å². The lowest BCUT2D eigenvalue weighted by atomic mass is 9.88. The molecule has 1 aromatic heterocycles. The lowest BCUT2D eigenvalue weighted by Gasteiger charge is -2.28. The zero-order chi connectivity index (χ0) is 13.3. The van der Waals surface area contributed by atoms with Crippen molar-refractivity contribution in [3.63, 3.8) is 0 Å². The number of anilines is 2. The quantitative estimate of drug-likeness (QED) is 0.797. The molecule has 1 aromatic carbocycles. The van der Waals surface area contributed by atoms with Gasteiger partial charge in [-0.15, -0.1) is 0 Å². The van der Waals surface area contributed by atoms with Crippen molar-refractivity contribution < 1.29 is 0 Å². The number of hydrogen-bond donors (Lipinski definition) is 2. The molecule has 96 valence electrons. The lowest BCUT2D eigenvalue weighted by Crippen LogP contribution is -2.31. The summed E-state index contributed by atoms with van der Waals surface area (Å²) in [6.07, 6.45) is 1.58. The molecule has 0 amide bonds. The van der Waals surface area contributed by atoms with Crippen molar-refractivity contribution in [2.45, 2.75) is 33.7 Å². The van der Waals surface area contributed by atoms with Crippen LogP contribution in [0.1, 0.15) is 27.7 Å². The van der Waals surface area contributed by atoms with Gasteiger partial charge < -0.3 is 11.1 Å². The summed E-state index contributed by atoms with van der Waals surface area (Å²) in [6.45, 7) is 8.74. The van der Waals surface area contributed by atoms with E-state index in [2.05, 4.69) is 43.0 Å². The highest BCUT2D eigenvalue weighted by Gasteiger charge is 2.20. The van der Waals surface area contributed by atoms with E-state index in [9.17, 15) is 0 Å². The van der Waals surface area contributed by atoms with Crippen LogP contribution in [-0.2, 0) is 0 Å². The Morgan fingerprint density at radius 2 is 1.94 bits per heavy atom. The molecule has 1 unspecified atom stereocenters. The number of hydrogen-bond acceptors (Lipinski definition) is 4. The number of nitrogens with two attached hydrogens (primary N) is 1. The SMILES string of the molecule is CC(Nc1ncnc2ccc(N)cc12)C(C)(C)C. The van der Waals surface area contributed by atoms with E-state index < -0.39 is 0 Å². The van der Waals surface area contributed by atoms with Crippen molar-refractivity contribution in [3.8, 4) is 0 Å². The summed E-state index contributed by atoms with van der Waals surface area (Å²) >= 11 is 0. The Bertz CT molecular complexity index is 557. The van der Waals surface area contributed by atoms with Crippen LogP contribution in [0.3, 0.4) is 0 Å². The van der Waals surface area contributed by atoms with Crippen molar-refractivity contribution >= 4 is 22.4 Å². The molecule has 0 aliphatic carbocycles. The van der Waals surface area contributed by atoms with E-state index in [0.717, 1.165) is 22.4 Å². The molecule has 2 aromatic rings. The molecule has 0 spiro atoms. The smallest absolute Gasteiger partial charge is 0.137 e. The molecular weight excluding hydrogens is 224 g/mol. The van der Waals surface area contributed by atoms with Crippen molar-refractivity contribution in [2.75, 3.05) is 11.1 Å². The van der Waals surface area contributed by atoms with Crippen LogP contribution >= 0.6 is 0 Å². The van der Waals surface area contributed by atoms with Crippen LogP contribution in [0, 0.1) is 5.41 Å². The average Bonchev–Trinajstić information content (AvgIpc) is 2.28. The fraction of sp³-hybridized carbons (Fsp3) is 0.429. The number of benzene rings is 1. The lowest BCUT2D eigenvalue weighted by molar-refractivity contribution is 0.359. The Hall–Kier alpha value is -1.84. The van der Waals surface area contributed by atoms with Gasteiger partial charge in [0.25, 0.3) is 0 Å². The van der Waals surface area contributed by atoms with Crippen LogP contribution < -0.4 is 11.1 Å². The first-order chi connectivity index (χ1) is 8.38. The van der Waals surface area contributed by atoms with Crippen molar-refractivity contribution in [3.05, 3.63) is 24.5 Å². The highest BCUT2D eigenvalue weighted by molar-refractivity contribution is 5.91. The standard InChI is InChI=1S/C14H20N4/c1-9(14(2,3)4)18-13-11-7-10(15)5-6-12(11)16-8-17-13/h5-9H,15H2,1-4H3,(H,16,17,18). The minimum absolute atomic E-state index is 0.164. The maximum Gasteiger partial charge on any atom is 0.137 e. The molecule has 18 heavy (non-hydrogen) atoms. The fourth-order valence-corrected chi connectivity index (χ4v) is 1.61. The predicted molar refractivity (Wildman–Crippen MR) is 76.5 cm³/mol. The van der Waals surface area contributed by atoms with Gasteiger partial charge in [0.1, 0.15) is 12.1 Å². The van der Waals surface area contributed by atoms with Gasteiger partial charge in [0.2, 0.25) is 0 Å². The zero-order valence-corrected chi connectivity index (χ0v) is 11.4. The molecule has 0 saturated carbocycles. The van der Waals surface area contributed by atoms with E-state index in [-0.39, 0.29) is 5.41 Å². The normalized spacial score (nSPS) is 13.6. The third-order valence-corrected chi connectivity index (χ3v) is 3.31. The molecule has 0 fully saturated rings. The number of nitrogen functional groups attached to an aromatic ring is 1. The number of nitrogens with one attached hydrogen (secondary N) is 1. The minimum Gasteiger partial charge on any atom is -0.399 e. The summed E-state index contributed by atoms with van der Waals surface area (Å²) in [7, 11) is 0. The van der Waals surface area contributed by atoms with Crippen molar-refractivity contribution in [1.29, 1.82) is 0 Å². The van der Waals surface area contributed by atoms with Gasteiger partial charge in [0.05, 0.1) is 5.52 Å². The monoisotopic (exact) mass is 244 g/mol. The Morgan fingerprint density at radius 3 is 2.61 bits per heavy atom. The van der Waals surface area contributed by atoms with Crippen LogP contribution in [-0.4, -0.2) is 16.0 Å². The molecule has 0 aliphatic heterocycles. The minimum atomic E-state index is 0.164. The molecule has 1 atom stereocenters. The van der Waals surface area contributed by atoms with Crippen LogP contribution in [0.15, 0.2) is 24.5 Å². The summed E-state index contributed by atoms with van der Waals surface area (Å²) in [6, 6.07) is 5.98. The highest BCUT2D eigenvalue weighted by Crippen LogP contribution is 2.26. The van der Waals surface area contributed by atoms with Crippen LogP contribution in [0.4, 0.5) is 11.5 Å². The van der Waals surface area contributed by atoms with Crippen LogP contribution in [0.2, 0.25) is 0 Å². The highest BCUT2D eigenvalue weighted by atomic mass is 15.0. The molecule has 2 rings (SSSR count). The third-order valence-electron chi connectivity index (χ3n) is 3.31. The van der Waals surface area contributed by atoms with Gasteiger partial charge in [0, 0.05) is 17.1 Å². The number of rotatable bonds is 2. The van der Waals surface area contributed by atoms with Crippen molar-refractivity contribution in [1.82, 2.24) is 9.97 Å². The molecule has 4 nitrogen and oxygen atoms in total. The molecular formula is C14H20N4. The molecule has 3 N–H and O–H groups in total.